The first-order chi connectivity index (χ1) is 6.83. The Morgan fingerprint density at radius 2 is 2.14 bits per heavy atom. The second kappa shape index (κ2) is 3.95. The van der Waals surface area contributed by atoms with Crippen LogP contribution >= 0.6 is 22.9 Å². The van der Waals surface area contributed by atoms with Gasteiger partial charge in [-0.05, 0) is 34.0 Å². The summed E-state index contributed by atoms with van der Waals surface area (Å²) in [6.07, 6.45) is 0.801. The van der Waals surface area contributed by atoms with E-state index < -0.39 is 0 Å². The second-order valence-electron chi connectivity index (χ2n) is 2.83. The summed E-state index contributed by atoms with van der Waals surface area (Å²) in [4.78, 5) is 10.9. The molecule has 0 bridgehead atoms. The Morgan fingerprint density at radius 1 is 1.29 bits per heavy atom. The quantitative estimate of drug-likeness (QED) is 0.705. The molecule has 0 aliphatic heterocycles. The van der Waals surface area contributed by atoms with E-state index in [9.17, 15) is 4.79 Å². The fraction of sp³-hybridized carbons (Fsp3) is 0. The van der Waals surface area contributed by atoms with Gasteiger partial charge in [-0.15, -0.1) is 0 Å². The van der Waals surface area contributed by atoms with Crippen LogP contribution in [0.1, 0.15) is 10.4 Å². The van der Waals surface area contributed by atoms with Crippen molar-refractivity contribution >= 4 is 29.2 Å². The number of carbonyl (C=O) groups is 1. The summed E-state index contributed by atoms with van der Waals surface area (Å²) >= 11 is 7.52. The topological polar surface area (TPSA) is 17.1 Å². The summed E-state index contributed by atoms with van der Waals surface area (Å²) in [6, 6.07) is 7.45. The molecule has 0 atom stereocenters. The number of thiophene rings is 1. The molecule has 1 heterocycles. The van der Waals surface area contributed by atoms with Gasteiger partial charge >= 0.3 is 0 Å². The zero-order valence-electron chi connectivity index (χ0n) is 7.24. The van der Waals surface area contributed by atoms with Gasteiger partial charge in [0.25, 0.3) is 0 Å². The van der Waals surface area contributed by atoms with Crippen molar-refractivity contribution in [1.29, 1.82) is 0 Å². The Labute approximate surface area is 91.0 Å². The largest absolute Gasteiger partial charge is 0.298 e. The van der Waals surface area contributed by atoms with Crippen molar-refractivity contribution in [3.63, 3.8) is 0 Å². The zero-order valence-corrected chi connectivity index (χ0v) is 8.81. The molecular weight excluding hydrogens is 216 g/mol. The number of hydrogen-bond acceptors (Lipinski definition) is 2. The summed E-state index contributed by atoms with van der Waals surface area (Å²) in [6.45, 7) is 0. The highest BCUT2D eigenvalue weighted by molar-refractivity contribution is 7.08. The lowest BCUT2D eigenvalue weighted by Crippen LogP contribution is -1.86. The van der Waals surface area contributed by atoms with Crippen LogP contribution in [0.3, 0.4) is 0 Å². The number of rotatable bonds is 2. The predicted octanol–water partition coefficient (Wildman–Crippen LogP) is 3.88. The Kier molecular flexibility index (Phi) is 2.66. The molecule has 14 heavy (non-hydrogen) atoms. The molecule has 0 aliphatic carbocycles. The first-order valence-corrected chi connectivity index (χ1v) is 5.41. The number of hydrogen-bond donors (Lipinski definition) is 0. The smallest absolute Gasteiger partial charge is 0.152 e. The first-order valence-electron chi connectivity index (χ1n) is 4.09. The van der Waals surface area contributed by atoms with Crippen LogP contribution in [-0.2, 0) is 0 Å². The van der Waals surface area contributed by atoms with Crippen molar-refractivity contribution in [1.82, 2.24) is 0 Å². The van der Waals surface area contributed by atoms with Crippen LogP contribution in [0.25, 0.3) is 11.1 Å². The molecule has 0 fully saturated rings. The highest BCUT2D eigenvalue weighted by atomic mass is 35.5. The zero-order chi connectivity index (χ0) is 9.97. The minimum Gasteiger partial charge on any atom is -0.298 e. The molecule has 70 valence electrons. The Balaban J connectivity index is 2.64. The number of benzene rings is 1. The average molecular weight is 223 g/mol. The van der Waals surface area contributed by atoms with Gasteiger partial charge in [-0.1, -0.05) is 23.7 Å². The summed E-state index contributed by atoms with van der Waals surface area (Å²) in [5.41, 5.74) is 2.50. The third-order valence-corrected chi connectivity index (χ3v) is 3.02. The number of halogens is 1. The fourth-order valence-electron chi connectivity index (χ4n) is 1.33. The van der Waals surface area contributed by atoms with Crippen molar-refractivity contribution in [2.75, 3.05) is 0 Å². The maximum atomic E-state index is 10.9. The van der Waals surface area contributed by atoms with E-state index >= 15 is 0 Å². The molecule has 0 aliphatic rings. The van der Waals surface area contributed by atoms with E-state index in [1.807, 2.05) is 29.0 Å². The van der Waals surface area contributed by atoms with Gasteiger partial charge in [0.1, 0.15) is 0 Å². The van der Waals surface area contributed by atoms with Gasteiger partial charge in [0.15, 0.2) is 6.29 Å². The molecule has 0 unspecified atom stereocenters. The molecule has 2 aromatic rings. The van der Waals surface area contributed by atoms with Gasteiger partial charge in [-0.2, -0.15) is 11.3 Å². The Morgan fingerprint density at radius 3 is 2.79 bits per heavy atom. The van der Waals surface area contributed by atoms with Gasteiger partial charge in [-0.3, -0.25) is 4.79 Å². The molecule has 0 saturated carbocycles. The minimum atomic E-state index is 0.503. The molecule has 0 N–H and O–H groups in total. The molecule has 1 nitrogen and oxygen atoms in total. The molecule has 0 amide bonds. The predicted molar refractivity (Wildman–Crippen MR) is 60.2 cm³/mol. The van der Waals surface area contributed by atoms with Crippen molar-refractivity contribution < 1.29 is 4.79 Å². The van der Waals surface area contributed by atoms with E-state index in [2.05, 4.69) is 0 Å². The van der Waals surface area contributed by atoms with E-state index in [0.717, 1.165) is 17.4 Å². The molecule has 1 aromatic heterocycles. The van der Waals surface area contributed by atoms with Crippen LogP contribution in [0.15, 0.2) is 35.0 Å². The third-order valence-electron chi connectivity index (χ3n) is 2.00. The van der Waals surface area contributed by atoms with Crippen LogP contribution in [0.2, 0.25) is 5.02 Å². The number of aldehydes is 1. The van der Waals surface area contributed by atoms with E-state index in [1.165, 1.54) is 0 Å². The fourth-order valence-corrected chi connectivity index (χ4v) is 2.20. The molecule has 0 saturated heterocycles. The average Bonchev–Trinajstić information content (AvgIpc) is 2.70. The summed E-state index contributed by atoms with van der Waals surface area (Å²) < 4.78 is 0. The number of carbonyl (C=O) groups excluding carboxylic acids is 1. The van der Waals surface area contributed by atoms with E-state index in [4.69, 9.17) is 11.6 Å². The van der Waals surface area contributed by atoms with Gasteiger partial charge in [0, 0.05) is 5.56 Å². The van der Waals surface area contributed by atoms with Crippen molar-refractivity contribution in [3.8, 4) is 11.1 Å². The van der Waals surface area contributed by atoms with Crippen LogP contribution in [0, 0.1) is 0 Å². The van der Waals surface area contributed by atoms with Crippen molar-refractivity contribution in [3.05, 3.63) is 45.6 Å². The first kappa shape index (κ1) is 9.44. The molecule has 0 spiro atoms. The monoisotopic (exact) mass is 222 g/mol. The second-order valence-corrected chi connectivity index (χ2v) is 4.02. The summed E-state index contributed by atoms with van der Waals surface area (Å²) in [5.74, 6) is 0. The Bertz CT molecular complexity index is 448. The van der Waals surface area contributed by atoms with E-state index in [1.54, 1.807) is 17.4 Å². The van der Waals surface area contributed by atoms with Gasteiger partial charge in [0.05, 0.1) is 5.02 Å². The molecule has 2 rings (SSSR count). The van der Waals surface area contributed by atoms with E-state index in [-0.39, 0.29) is 0 Å². The SMILES string of the molecule is O=Cc1c(Cl)cccc1-c1ccsc1. The van der Waals surface area contributed by atoms with Crippen LogP contribution < -0.4 is 0 Å². The molecule has 1 aromatic carbocycles. The van der Waals surface area contributed by atoms with Crippen LogP contribution in [-0.4, -0.2) is 6.29 Å². The van der Waals surface area contributed by atoms with Gasteiger partial charge in [-0.25, -0.2) is 0 Å². The highest BCUT2D eigenvalue weighted by Crippen LogP contribution is 2.29. The van der Waals surface area contributed by atoms with Gasteiger partial charge < -0.3 is 0 Å². The van der Waals surface area contributed by atoms with E-state index in [0.29, 0.717) is 10.6 Å². The lowest BCUT2D eigenvalue weighted by Gasteiger charge is -2.03. The highest BCUT2D eigenvalue weighted by Gasteiger charge is 2.07. The maximum Gasteiger partial charge on any atom is 0.152 e. The lowest BCUT2D eigenvalue weighted by molar-refractivity contribution is 0.112. The lowest BCUT2D eigenvalue weighted by atomic mass is 10.0. The standard InChI is InChI=1S/C11H7ClOS/c12-11-3-1-2-9(10(11)6-13)8-4-5-14-7-8/h1-7H. The van der Waals surface area contributed by atoms with Crippen LogP contribution in [0.4, 0.5) is 0 Å². The van der Waals surface area contributed by atoms with Crippen LogP contribution in [0.5, 0.6) is 0 Å². The molecule has 0 radical (unpaired) electrons. The third kappa shape index (κ3) is 1.59. The molecule has 3 heteroatoms. The minimum absolute atomic E-state index is 0.503. The Hall–Kier alpha value is -1.12. The summed E-state index contributed by atoms with van der Waals surface area (Å²) in [5, 5.41) is 4.48. The maximum absolute atomic E-state index is 10.9. The summed E-state index contributed by atoms with van der Waals surface area (Å²) in [7, 11) is 0. The van der Waals surface area contributed by atoms with Gasteiger partial charge in [0.2, 0.25) is 0 Å². The van der Waals surface area contributed by atoms with Crippen molar-refractivity contribution in [2.24, 2.45) is 0 Å². The molecular formula is C11H7ClOS. The van der Waals surface area contributed by atoms with Crippen molar-refractivity contribution in [2.45, 2.75) is 0 Å². The normalized spacial score (nSPS) is 10.1.